The molecule has 0 aromatic carbocycles. The van der Waals surface area contributed by atoms with Crippen molar-refractivity contribution in [2.24, 2.45) is 0 Å². The largest absolute Gasteiger partial charge is 1.00 e. The summed E-state index contributed by atoms with van der Waals surface area (Å²) in [6, 6.07) is 0. The summed E-state index contributed by atoms with van der Waals surface area (Å²) in [6.07, 6.45) is 2.38. The Morgan fingerprint density at radius 3 is 2.55 bits per heavy atom. The van der Waals surface area contributed by atoms with Gasteiger partial charge in [-0.1, -0.05) is 11.6 Å². The molecule has 0 spiro atoms. The molecule has 0 aliphatic carbocycles. The van der Waals surface area contributed by atoms with Crippen molar-refractivity contribution in [3.63, 3.8) is 0 Å². The number of hydrogen-bond donors (Lipinski definition) is 0. The van der Waals surface area contributed by atoms with Gasteiger partial charge in [0.1, 0.15) is 10.2 Å². The van der Waals surface area contributed by atoms with Gasteiger partial charge in [-0.2, -0.15) is 0 Å². The molecule has 0 N–H and O–H groups in total. The quantitative estimate of drug-likeness (QED) is 0.368. The minimum atomic E-state index is -2.35. The number of hydrogen-bond acceptors (Lipinski definition) is 4. The van der Waals surface area contributed by atoms with E-state index in [1.54, 1.807) is 0 Å². The van der Waals surface area contributed by atoms with Gasteiger partial charge in [0.15, 0.2) is 0 Å². The van der Waals surface area contributed by atoms with Crippen molar-refractivity contribution in [2.45, 2.75) is 5.03 Å². The van der Waals surface area contributed by atoms with Crippen molar-refractivity contribution >= 4 is 22.7 Å². The molecule has 0 fully saturated rings. The fourth-order valence-electron chi connectivity index (χ4n) is 0.406. The van der Waals surface area contributed by atoms with E-state index in [2.05, 4.69) is 9.97 Å². The maximum absolute atomic E-state index is 10.2. The average Bonchev–Trinajstić information content (AvgIpc) is 1.88. The van der Waals surface area contributed by atoms with Crippen LogP contribution >= 0.6 is 11.6 Å². The third-order valence-corrected chi connectivity index (χ3v) is 1.47. The zero-order chi connectivity index (χ0) is 7.56. The minimum Gasteiger partial charge on any atom is -0.767 e. The number of aromatic nitrogens is 2. The molecule has 4 nitrogen and oxygen atoms in total. The monoisotopic (exact) mass is 200 g/mol. The van der Waals surface area contributed by atoms with Gasteiger partial charge in [0, 0.05) is 0 Å². The third kappa shape index (κ3) is 3.59. The molecule has 11 heavy (non-hydrogen) atoms. The predicted molar refractivity (Wildman–Crippen MR) is 34.2 cm³/mol. The molecule has 1 aromatic rings. The fraction of sp³-hybridized carbons (Fsp3) is 0. The molecule has 1 heterocycles. The topological polar surface area (TPSA) is 65.9 Å². The first kappa shape index (κ1) is 11.5. The zero-order valence-corrected chi connectivity index (χ0v) is 9.22. The summed E-state index contributed by atoms with van der Waals surface area (Å²) < 4.78 is 20.4. The van der Waals surface area contributed by atoms with Crippen molar-refractivity contribution in [1.82, 2.24) is 9.97 Å². The van der Waals surface area contributed by atoms with Crippen LogP contribution in [-0.4, -0.2) is 18.7 Å². The van der Waals surface area contributed by atoms with E-state index >= 15 is 0 Å². The standard InChI is InChI=1S/C4H3ClN2O2S.Na/c5-3-1-6-2-4(7-3)10(8)9;/h1-2H,(H,8,9);/q;+1/p-1. The predicted octanol–water partition coefficient (Wildman–Crippen LogP) is -2.63. The van der Waals surface area contributed by atoms with Crippen LogP contribution in [-0.2, 0) is 11.1 Å². The fourth-order valence-corrected chi connectivity index (χ4v) is 0.923. The Labute approximate surface area is 93.0 Å². The Hall–Kier alpha value is 0.480. The van der Waals surface area contributed by atoms with Crippen molar-refractivity contribution in [1.29, 1.82) is 0 Å². The normalized spacial score (nSPS) is 11.8. The van der Waals surface area contributed by atoms with E-state index in [0.29, 0.717) is 0 Å². The first-order chi connectivity index (χ1) is 4.70. The van der Waals surface area contributed by atoms with Gasteiger partial charge in [-0.3, -0.25) is 9.19 Å². The molecule has 0 saturated heterocycles. The Bertz CT molecular complexity index is 272. The van der Waals surface area contributed by atoms with Gasteiger partial charge in [0.2, 0.25) is 0 Å². The van der Waals surface area contributed by atoms with Crippen LogP contribution in [0.15, 0.2) is 17.4 Å². The molecule has 0 amide bonds. The van der Waals surface area contributed by atoms with Crippen LogP contribution in [0, 0.1) is 0 Å². The summed E-state index contributed by atoms with van der Waals surface area (Å²) >= 11 is 2.99. The summed E-state index contributed by atoms with van der Waals surface area (Å²) in [6.45, 7) is 0. The molecule has 7 heteroatoms. The van der Waals surface area contributed by atoms with Crippen LogP contribution in [0.25, 0.3) is 0 Å². The average molecular weight is 201 g/mol. The molecule has 1 atom stereocenters. The van der Waals surface area contributed by atoms with E-state index < -0.39 is 11.1 Å². The van der Waals surface area contributed by atoms with Gasteiger partial charge < -0.3 is 4.55 Å². The minimum absolute atomic E-state index is 0. The Balaban J connectivity index is 0.000001000. The summed E-state index contributed by atoms with van der Waals surface area (Å²) in [7, 11) is 0. The summed E-state index contributed by atoms with van der Waals surface area (Å²) in [5.74, 6) is 0. The first-order valence-corrected chi connectivity index (χ1v) is 3.72. The molecule has 0 aliphatic rings. The number of halogens is 1. The van der Waals surface area contributed by atoms with Crippen molar-refractivity contribution in [2.75, 3.05) is 0 Å². The van der Waals surface area contributed by atoms with Crippen LogP contribution in [0.4, 0.5) is 0 Å². The smallest absolute Gasteiger partial charge is 0.767 e. The Kier molecular flexibility index (Phi) is 5.41. The van der Waals surface area contributed by atoms with Crippen molar-refractivity contribution < 1.29 is 38.3 Å². The van der Waals surface area contributed by atoms with Gasteiger partial charge >= 0.3 is 29.6 Å². The SMILES string of the molecule is O=S([O-])c1cncc(Cl)n1.[Na+]. The van der Waals surface area contributed by atoms with Crippen LogP contribution in [0.1, 0.15) is 0 Å². The van der Waals surface area contributed by atoms with Gasteiger partial charge in [0.05, 0.1) is 12.4 Å². The van der Waals surface area contributed by atoms with E-state index in [4.69, 9.17) is 11.6 Å². The van der Waals surface area contributed by atoms with E-state index in [9.17, 15) is 8.76 Å². The molecule has 1 unspecified atom stereocenters. The molecule has 0 radical (unpaired) electrons. The van der Waals surface area contributed by atoms with Crippen molar-refractivity contribution in [3.8, 4) is 0 Å². The van der Waals surface area contributed by atoms with Crippen LogP contribution in [0.2, 0.25) is 5.15 Å². The molecular weight excluding hydrogens is 199 g/mol. The summed E-state index contributed by atoms with van der Waals surface area (Å²) in [5.41, 5.74) is 0. The second-order valence-electron chi connectivity index (χ2n) is 1.41. The van der Waals surface area contributed by atoms with Crippen molar-refractivity contribution in [3.05, 3.63) is 17.5 Å². The molecule has 54 valence electrons. The second-order valence-corrected chi connectivity index (χ2v) is 2.69. The molecule has 1 aromatic heterocycles. The van der Waals surface area contributed by atoms with Gasteiger partial charge in [-0.05, 0) is 11.1 Å². The molecule has 0 aliphatic heterocycles. The summed E-state index contributed by atoms with van der Waals surface area (Å²) in [4.78, 5) is 6.98. The Morgan fingerprint density at radius 1 is 1.55 bits per heavy atom. The second kappa shape index (κ2) is 5.18. The third-order valence-electron chi connectivity index (χ3n) is 0.754. The first-order valence-electron chi connectivity index (χ1n) is 2.27. The van der Waals surface area contributed by atoms with E-state index in [-0.39, 0.29) is 39.7 Å². The number of rotatable bonds is 1. The molecule has 0 saturated carbocycles. The van der Waals surface area contributed by atoms with Gasteiger partial charge in [-0.25, -0.2) is 4.98 Å². The Morgan fingerprint density at radius 2 is 2.18 bits per heavy atom. The number of nitrogens with zero attached hydrogens (tertiary/aromatic N) is 2. The van der Waals surface area contributed by atoms with E-state index in [0.717, 1.165) is 6.20 Å². The molecule has 1 rings (SSSR count). The molecule has 0 bridgehead atoms. The van der Waals surface area contributed by atoms with E-state index in [1.165, 1.54) is 6.20 Å². The van der Waals surface area contributed by atoms with Gasteiger partial charge in [-0.15, -0.1) is 0 Å². The maximum Gasteiger partial charge on any atom is 1.00 e. The summed E-state index contributed by atoms with van der Waals surface area (Å²) in [5, 5.41) is -0.0748. The maximum atomic E-state index is 10.2. The van der Waals surface area contributed by atoms with Gasteiger partial charge in [0.25, 0.3) is 0 Å². The van der Waals surface area contributed by atoms with Crippen LogP contribution in [0.5, 0.6) is 0 Å². The zero-order valence-electron chi connectivity index (χ0n) is 5.65. The van der Waals surface area contributed by atoms with E-state index in [1.807, 2.05) is 0 Å². The molecular formula is C4H2ClN2NaO2S. The van der Waals surface area contributed by atoms with Crippen LogP contribution in [0.3, 0.4) is 0 Å². The van der Waals surface area contributed by atoms with Crippen LogP contribution < -0.4 is 29.6 Å².